The number of para-hydroxylation sites is 4. The summed E-state index contributed by atoms with van der Waals surface area (Å²) in [6.45, 7) is 0. The standard InChI is InChI=1S/C38H22N4/c1-2-10-23(11-3-1)41-32-19-7-5-13-30(32)36-34(41)22-39-38(40-36)29-20-21-33-35-25(14-8-15-26(29)35)28-17-9-16-27-24-12-4-6-18-31(24)42(33)37(27)28/h1-22H. The van der Waals surface area contributed by atoms with Crippen LogP contribution in [0.3, 0.4) is 0 Å². The predicted octanol–water partition coefficient (Wildman–Crippen LogP) is 9.54. The number of nitrogens with zero attached hydrogens (tertiary/aromatic N) is 4. The molecule has 0 amide bonds. The van der Waals surface area contributed by atoms with E-state index >= 15 is 0 Å². The highest BCUT2D eigenvalue weighted by Crippen LogP contribution is 2.42. The molecule has 0 fully saturated rings. The zero-order valence-electron chi connectivity index (χ0n) is 22.5. The Bertz CT molecular complexity index is 2680. The van der Waals surface area contributed by atoms with Crippen LogP contribution in [0.4, 0.5) is 0 Å². The third-order valence-corrected chi connectivity index (χ3v) is 8.91. The van der Waals surface area contributed by atoms with E-state index in [0.29, 0.717) is 0 Å². The van der Waals surface area contributed by atoms with Crippen molar-refractivity contribution in [3.8, 4) is 17.1 Å². The van der Waals surface area contributed by atoms with Gasteiger partial charge in [-0.15, -0.1) is 0 Å². The molecule has 0 bridgehead atoms. The molecule has 4 aromatic heterocycles. The van der Waals surface area contributed by atoms with Gasteiger partial charge in [-0.1, -0.05) is 91.0 Å². The van der Waals surface area contributed by atoms with E-state index in [-0.39, 0.29) is 0 Å². The highest BCUT2D eigenvalue weighted by Gasteiger charge is 2.20. The zero-order chi connectivity index (χ0) is 27.4. The fourth-order valence-electron chi connectivity index (χ4n) is 7.20. The van der Waals surface area contributed by atoms with Gasteiger partial charge in [-0.25, -0.2) is 9.97 Å². The summed E-state index contributed by atoms with van der Waals surface area (Å²) >= 11 is 0. The molecule has 4 nitrogen and oxygen atoms in total. The molecule has 0 aliphatic carbocycles. The average molecular weight is 535 g/mol. The Balaban J connectivity index is 1.31. The smallest absolute Gasteiger partial charge is 0.160 e. The summed E-state index contributed by atoms with van der Waals surface area (Å²) < 4.78 is 4.70. The normalized spacial score (nSPS) is 12.3. The van der Waals surface area contributed by atoms with Crippen LogP contribution in [0.15, 0.2) is 134 Å². The highest BCUT2D eigenvalue weighted by atomic mass is 15.0. The van der Waals surface area contributed by atoms with Gasteiger partial charge < -0.3 is 8.97 Å². The maximum atomic E-state index is 5.26. The molecule has 0 aliphatic heterocycles. The lowest BCUT2D eigenvalue weighted by atomic mass is 9.96. The molecule has 0 unspecified atom stereocenters. The molecule has 10 aromatic rings. The topological polar surface area (TPSA) is 35.1 Å². The Kier molecular flexibility index (Phi) is 4.15. The Hall–Kier alpha value is -5.74. The number of hydrogen-bond acceptors (Lipinski definition) is 2. The Labute approximate surface area is 240 Å². The fraction of sp³-hybridized carbons (Fsp3) is 0. The van der Waals surface area contributed by atoms with Crippen molar-refractivity contribution in [1.29, 1.82) is 0 Å². The molecule has 0 aliphatic rings. The number of aromatic nitrogens is 4. The molecule has 4 heterocycles. The maximum absolute atomic E-state index is 5.26. The Morgan fingerprint density at radius 1 is 0.452 bits per heavy atom. The molecule has 0 spiro atoms. The van der Waals surface area contributed by atoms with Crippen LogP contribution < -0.4 is 0 Å². The van der Waals surface area contributed by atoms with Crippen LogP contribution in [0, 0.1) is 0 Å². The molecule has 0 N–H and O–H groups in total. The van der Waals surface area contributed by atoms with Gasteiger partial charge in [0.25, 0.3) is 0 Å². The number of pyridine rings is 1. The van der Waals surface area contributed by atoms with Gasteiger partial charge in [0.05, 0.1) is 33.8 Å². The minimum Gasteiger partial charge on any atom is -0.308 e. The lowest BCUT2D eigenvalue weighted by Gasteiger charge is -2.15. The number of hydrogen-bond donors (Lipinski definition) is 0. The van der Waals surface area contributed by atoms with E-state index in [2.05, 4.69) is 130 Å². The first kappa shape index (κ1) is 22.0. The second-order valence-electron chi connectivity index (χ2n) is 11.0. The first-order chi connectivity index (χ1) is 20.9. The predicted molar refractivity (Wildman–Crippen MR) is 174 cm³/mol. The van der Waals surface area contributed by atoms with Gasteiger partial charge in [-0.05, 0) is 47.2 Å². The Morgan fingerprint density at radius 3 is 1.98 bits per heavy atom. The van der Waals surface area contributed by atoms with Crippen molar-refractivity contribution in [3.05, 3.63) is 134 Å². The molecule has 0 atom stereocenters. The van der Waals surface area contributed by atoms with E-state index in [9.17, 15) is 0 Å². The highest BCUT2D eigenvalue weighted by molar-refractivity contribution is 6.28. The quantitative estimate of drug-likeness (QED) is 0.163. The molecule has 10 rings (SSSR count). The number of fused-ring (bicyclic) bond motifs is 8. The summed E-state index contributed by atoms with van der Waals surface area (Å²) in [5, 5.41) is 8.62. The SMILES string of the molecule is c1ccc(-n2c3ccccc3c3nc(-c4ccc5c6c4cccc6c4cccc6c7ccccc7n5c46)ncc32)cc1. The zero-order valence-corrected chi connectivity index (χ0v) is 22.5. The van der Waals surface area contributed by atoms with Gasteiger partial charge in [0.1, 0.15) is 5.52 Å². The monoisotopic (exact) mass is 534 g/mol. The Morgan fingerprint density at radius 2 is 1.12 bits per heavy atom. The van der Waals surface area contributed by atoms with Crippen molar-refractivity contribution in [2.45, 2.75) is 0 Å². The van der Waals surface area contributed by atoms with Gasteiger partial charge in [0.2, 0.25) is 0 Å². The summed E-state index contributed by atoms with van der Waals surface area (Å²) in [6.07, 6.45) is 1.98. The number of benzene rings is 6. The molecule has 6 aromatic carbocycles. The minimum absolute atomic E-state index is 0.739. The van der Waals surface area contributed by atoms with Gasteiger partial charge in [-0.2, -0.15) is 0 Å². The van der Waals surface area contributed by atoms with Crippen molar-refractivity contribution in [3.63, 3.8) is 0 Å². The second kappa shape index (κ2) is 7.93. The third kappa shape index (κ3) is 2.71. The lowest BCUT2D eigenvalue weighted by Crippen LogP contribution is -1.97. The van der Waals surface area contributed by atoms with E-state index in [4.69, 9.17) is 9.97 Å². The summed E-state index contributed by atoms with van der Waals surface area (Å²) in [5.41, 5.74) is 8.95. The van der Waals surface area contributed by atoms with E-state index in [0.717, 1.165) is 44.4 Å². The van der Waals surface area contributed by atoms with E-state index in [1.807, 2.05) is 12.3 Å². The summed E-state index contributed by atoms with van der Waals surface area (Å²) in [4.78, 5) is 10.3. The molecule has 0 radical (unpaired) electrons. The van der Waals surface area contributed by atoms with Crippen molar-refractivity contribution in [2.24, 2.45) is 0 Å². The van der Waals surface area contributed by atoms with Crippen LogP contribution in [0.25, 0.3) is 87.9 Å². The summed E-state index contributed by atoms with van der Waals surface area (Å²) in [7, 11) is 0. The molecular formula is C38H22N4. The van der Waals surface area contributed by atoms with Crippen molar-refractivity contribution in [1.82, 2.24) is 18.9 Å². The molecule has 194 valence electrons. The summed E-state index contributed by atoms with van der Waals surface area (Å²) in [5.74, 6) is 0.739. The number of rotatable bonds is 2. The molecule has 42 heavy (non-hydrogen) atoms. The largest absolute Gasteiger partial charge is 0.308 e. The van der Waals surface area contributed by atoms with Crippen LogP contribution in [-0.2, 0) is 0 Å². The average Bonchev–Trinajstić information content (AvgIpc) is 3.57. The molecular weight excluding hydrogens is 512 g/mol. The summed E-state index contributed by atoms with van der Waals surface area (Å²) in [6, 6.07) is 45.4. The van der Waals surface area contributed by atoms with Crippen LogP contribution in [0.5, 0.6) is 0 Å². The third-order valence-electron chi connectivity index (χ3n) is 8.91. The minimum atomic E-state index is 0.739. The van der Waals surface area contributed by atoms with Crippen molar-refractivity contribution in [2.75, 3.05) is 0 Å². The van der Waals surface area contributed by atoms with E-state index < -0.39 is 0 Å². The molecule has 0 saturated carbocycles. The van der Waals surface area contributed by atoms with Crippen molar-refractivity contribution >= 4 is 70.8 Å². The van der Waals surface area contributed by atoms with Gasteiger partial charge in [0, 0.05) is 38.2 Å². The van der Waals surface area contributed by atoms with Crippen LogP contribution in [0.2, 0.25) is 0 Å². The van der Waals surface area contributed by atoms with Gasteiger partial charge in [0.15, 0.2) is 5.82 Å². The maximum Gasteiger partial charge on any atom is 0.160 e. The van der Waals surface area contributed by atoms with E-state index in [1.165, 1.54) is 43.5 Å². The van der Waals surface area contributed by atoms with Crippen LogP contribution in [0.1, 0.15) is 0 Å². The molecule has 4 heteroatoms. The van der Waals surface area contributed by atoms with E-state index in [1.54, 1.807) is 0 Å². The van der Waals surface area contributed by atoms with Gasteiger partial charge >= 0.3 is 0 Å². The fourth-order valence-corrected chi connectivity index (χ4v) is 7.20. The first-order valence-electron chi connectivity index (χ1n) is 14.3. The van der Waals surface area contributed by atoms with Crippen LogP contribution >= 0.6 is 0 Å². The first-order valence-corrected chi connectivity index (χ1v) is 14.3. The lowest BCUT2D eigenvalue weighted by molar-refractivity contribution is 1.15. The molecule has 0 saturated heterocycles. The van der Waals surface area contributed by atoms with Crippen LogP contribution in [-0.4, -0.2) is 18.9 Å². The van der Waals surface area contributed by atoms with Gasteiger partial charge in [-0.3, -0.25) is 0 Å². The second-order valence-corrected chi connectivity index (χ2v) is 11.0. The van der Waals surface area contributed by atoms with Crippen molar-refractivity contribution < 1.29 is 0 Å².